The second-order valence-electron chi connectivity index (χ2n) is 7.45. The molecule has 0 atom stereocenters. The molecule has 21 heavy (non-hydrogen) atoms. The second kappa shape index (κ2) is 5.86. The molecule has 1 aliphatic carbocycles. The van der Waals surface area contributed by atoms with Crippen LogP contribution in [0.15, 0.2) is 0 Å². The average Bonchev–Trinajstić information content (AvgIpc) is 3.13. The summed E-state index contributed by atoms with van der Waals surface area (Å²) in [6.07, 6.45) is 2.89. The molecule has 118 valence electrons. The van der Waals surface area contributed by atoms with Crippen molar-refractivity contribution < 1.29 is 0 Å². The van der Waals surface area contributed by atoms with Crippen molar-refractivity contribution in [3.8, 4) is 0 Å². The van der Waals surface area contributed by atoms with E-state index in [1.165, 1.54) is 48.2 Å². The summed E-state index contributed by atoms with van der Waals surface area (Å²) < 4.78 is 0. The van der Waals surface area contributed by atoms with Crippen LogP contribution in [0, 0.1) is 5.92 Å². The van der Waals surface area contributed by atoms with Crippen molar-refractivity contribution in [1.82, 2.24) is 9.88 Å². The molecule has 1 saturated carbocycles. The van der Waals surface area contributed by atoms with Gasteiger partial charge in [-0.15, -0.1) is 11.3 Å². The Labute approximate surface area is 132 Å². The summed E-state index contributed by atoms with van der Waals surface area (Å²) in [5.41, 5.74) is 7.18. The Hall–Kier alpha value is -0.650. The molecule has 2 aliphatic rings. The maximum Gasteiger partial charge on any atom is 0.185 e. The first-order valence-corrected chi connectivity index (χ1v) is 8.96. The maximum absolute atomic E-state index is 5.92. The van der Waals surface area contributed by atoms with Crippen LogP contribution in [0.2, 0.25) is 0 Å². The molecule has 0 aromatic carbocycles. The van der Waals surface area contributed by atoms with E-state index in [-0.39, 0.29) is 5.41 Å². The summed E-state index contributed by atoms with van der Waals surface area (Å²) >= 11 is 1.79. The zero-order valence-corrected chi connectivity index (χ0v) is 14.4. The molecule has 2 N–H and O–H groups in total. The Morgan fingerprint density at radius 2 is 1.86 bits per heavy atom. The fraction of sp³-hybridized carbons (Fsp3) is 0.812. The highest BCUT2D eigenvalue weighted by Crippen LogP contribution is 2.34. The number of anilines is 1. The molecular formula is C16H28N4S. The van der Waals surface area contributed by atoms with Crippen LogP contribution in [0.3, 0.4) is 0 Å². The van der Waals surface area contributed by atoms with Crippen molar-refractivity contribution in [2.75, 3.05) is 37.6 Å². The van der Waals surface area contributed by atoms with E-state index in [0.717, 1.165) is 19.0 Å². The highest BCUT2D eigenvalue weighted by Gasteiger charge is 2.28. The van der Waals surface area contributed by atoms with Crippen molar-refractivity contribution in [2.45, 2.75) is 45.6 Å². The second-order valence-corrected chi connectivity index (χ2v) is 8.52. The first-order valence-electron chi connectivity index (χ1n) is 8.15. The number of hydrogen-bond donors (Lipinski definition) is 1. The molecule has 0 spiro atoms. The monoisotopic (exact) mass is 308 g/mol. The molecule has 3 rings (SSSR count). The van der Waals surface area contributed by atoms with Gasteiger partial charge in [-0.1, -0.05) is 20.8 Å². The van der Waals surface area contributed by atoms with Gasteiger partial charge in [-0.25, -0.2) is 4.98 Å². The predicted octanol–water partition coefficient (Wildman–Crippen LogP) is 2.43. The van der Waals surface area contributed by atoms with Gasteiger partial charge in [0, 0.05) is 49.6 Å². The molecule has 1 aromatic heterocycles. The van der Waals surface area contributed by atoms with Crippen molar-refractivity contribution in [2.24, 2.45) is 11.7 Å². The Morgan fingerprint density at radius 3 is 2.33 bits per heavy atom. The lowest BCUT2D eigenvalue weighted by Crippen LogP contribution is -2.47. The summed E-state index contributed by atoms with van der Waals surface area (Å²) in [6.45, 7) is 13.1. The number of aromatic nitrogens is 1. The van der Waals surface area contributed by atoms with Gasteiger partial charge in [0.05, 0.1) is 5.69 Å². The summed E-state index contributed by atoms with van der Waals surface area (Å²) in [6, 6.07) is 0. The largest absolute Gasteiger partial charge is 0.346 e. The lowest BCUT2D eigenvalue weighted by atomic mass is 9.91. The molecule has 2 fully saturated rings. The first kappa shape index (κ1) is 15.3. The van der Waals surface area contributed by atoms with E-state index >= 15 is 0 Å². The highest BCUT2D eigenvalue weighted by atomic mass is 32.1. The number of rotatable bonds is 4. The molecule has 0 radical (unpaired) electrons. The van der Waals surface area contributed by atoms with E-state index in [4.69, 9.17) is 10.7 Å². The van der Waals surface area contributed by atoms with E-state index in [2.05, 4.69) is 30.6 Å². The van der Waals surface area contributed by atoms with Crippen LogP contribution < -0.4 is 10.6 Å². The zero-order chi connectivity index (χ0) is 15.0. The van der Waals surface area contributed by atoms with Crippen LogP contribution >= 0.6 is 11.3 Å². The minimum atomic E-state index is 0.0806. The molecule has 0 bridgehead atoms. The van der Waals surface area contributed by atoms with Crippen molar-refractivity contribution >= 4 is 16.5 Å². The van der Waals surface area contributed by atoms with E-state index in [1.54, 1.807) is 11.3 Å². The third-order valence-corrected chi connectivity index (χ3v) is 5.58. The Balaban J connectivity index is 1.65. The summed E-state index contributed by atoms with van der Waals surface area (Å²) in [5.74, 6) is 0.993. The predicted molar refractivity (Wildman–Crippen MR) is 90.1 cm³/mol. The van der Waals surface area contributed by atoms with Gasteiger partial charge in [0.2, 0.25) is 0 Å². The third-order valence-electron chi connectivity index (χ3n) is 4.44. The fourth-order valence-electron chi connectivity index (χ4n) is 2.99. The van der Waals surface area contributed by atoms with Crippen LogP contribution in [-0.4, -0.2) is 42.6 Å². The molecule has 1 aliphatic heterocycles. The van der Waals surface area contributed by atoms with Crippen LogP contribution in [-0.2, 0) is 12.0 Å². The summed E-state index contributed by atoms with van der Waals surface area (Å²) in [5, 5.41) is 1.17. The Morgan fingerprint density at radius 1 is 1.19 bits per heavy atom. The van der Waals surface area contributed by atoms with Gasteiger partial charge in [0.15, 0.2) is 5.13 Å². The molecule has 1 aromatic rings. The van der Waals surface area contributed by atoms with E-state index < -0.39 is 0 Å². The van der Waals surface area contributed by atoms with Gasteiger partial charge in [0.1, 0.15) is 0 Å². The SMILES string of the molecule is CC(C)(C)c1nc(N2CCN(CC3CC3)CC2)sc1CN. The quantitative estimate of drug-likeness (QED) is 0.928. The molecule has 5 heteroatoms. The van der Waals surface area contributed by atoms with Gasteiger partial charge in [-0.2, -0.15) is 0 Å². The number of piperazine rings is 1. The van der Waals surface area contributed by atoms with Crippen molar-refractivity contribution in [3.05, 3.63) is 10.6 Å². The van der Waals surface area contributed by atoms with Gasteiger partial charge in [0.25, 0.3) is 0 Å². The zero-order valence-electron chi connectivity index (χ0n) is 13.6. The topological polar surface area (TPSA) is 45.4 Å². The van der Waals surface area contributed by atoms with Crippen LogP contribution in [0.5, 0.6) is 0 Å². The molecular weight excluding hydrogens is 280 g/mol. The highest BCUT2D eigenvalue weighted by molar-refractivity contribution is 7.15. The first-order chi connectivity index (χ1) is 9.97. The summed E-state index contributed by atoms with van der Waals surface area (Å²) in [4.78, 5) is 11.2. The minimum absolute atomic E-state index is 0.0806. The smallest absolute Gasteiger partial charge is 0.185 e. The van der Waals surface area contributed by atoms with Crippen LogP contribution in [0.1, 0.15) is 44.2 Å². The average molecular weight is 308 g/mol. The molecule has 2 heterocycles. The van der Waals surface area contributed by atoms with Crippen molar-refractivity contribution in [1.29, 1.82) is 0 Å². The lowest BCUT2D eigenvalue weighted by Gasteiger charge is -2.34. The molecule has 0 amide bonds. The molecule has 0 unspecified atom stereocenters. The van der Waals surface area contributed by atoms with E-state index in [9.17, 15) is 0 Å². The van der Waals surface area contributed by atoms with Crippen LogP contribution in [0.4, 0.5) is 5.13 Å². The molecule has 1 saturated heterocycles. The fourth-order valence-corrected chi connectivity index (χ4v) is 4.19. The number of thiazole rings is 1. The van der Waals surface area contributed by atoms with E-state index in [1.807, 2.05) is 0 Å². The Bertz CT molecular complexity index is 479. The number of hydrogen-bond acceptors (Lipinski definition) is 5. The lowest BCUT2D eigenvalue weighted by molar-refractivity contribution is 0.248. The maximum atomic E-state index is 5.92. The van der Waals surface area contributed by atoms with E-state index in [0.29, 0.717) is 6.54 Å². The van der Waals surface area contributed by atoms with Gasteiger partial charge in [-0.05, 0) is 18.8 Å². The minimum Gasteiger partial charge on any atom is -0.346 e. The van der Waals surface area contributed by atoms with Crippen LogP contribution in [0.25, 0.3) is 0 Å². The van der Waals surface area contributed by atoms with Gasteiger partial charge in [-0.3, -0.25) is 4.90 Å². The number of nitrogens with two attached hydrogens (primary N) is 1. The normalized spacial score (nSPS) is 21.0. The van der Waals surface area contributed by atoms with Gasteiger partial charge >= 0.3 is 0 Å². The third kappa shape index (κ3) is 3.58. The van der Waals surface area contributed by atoms with Gasteiger partial charge < -0.3 is 10.6 Å². The number of nitrogens with zero attached hydrogens (tertiary/aromatic N) is 3. The summed E-state index contributed by atoms with van der Waals surface area (Å²) in [7, 11) is 0. The standard InChI is InChI=1S/C16H28N4S/c1-16(2,3)14-13(10-17)21-15(18-14)20-8-6-19(7-9-20)11-12-4-5-12/h12H,4-11,17H2,1-3H3. The van der Waals surface area contributed by atoms with Crippen molar-refractivity contribution in [3.63, 3.8) is 0 Å². The Kier molecular flexibility index (Phi) is 4.26. The molecule has 4 nitrogen and oxygen atoms in total.